The fourth-order valence-electron chi connectivity index (χ4n) is 1.61. The zero-order valence-electron chi connectivity index (χ0n) is 10.6. The zero-order valence-corrected chi connectivity index (χ0v) is 11.4. The average Bonchev–Trinajstić information content (AvgIpc) is 2.27. The standard InChI is InChI=1S/C12H20N2O3S/c1-10(2)13-18(16,17)14-12(9-15)8-11-6-4-3-5-7-11/h3-7,10,12-15H,8-9H2,1-2H3/t12-/m1/s1. The number of hydrogen-bond acceptors (Lipinski definition) is 3. The van der Waals surface area contributed by atoms with E-state index in [1.54, 1.807) is 13.8 Å². The molecule has 0 fully saturated rings. The molecule has 0 saturated carbocycles. The quantitative estimate of drug-likeness (QED) is 0.673. The van der Waals surface area contributed by atoms with Gasteiger partial charge in [0.2, 0.25) is 0 Å². The Morgan fingerprint density at radius 1 is 1.17 bits per heavy atom. The fourth-order valence-corrected chi connectivity index (χ4v) is 2.89. The van der Waals surface area contributed by atoms with Crippen molar-refractivity contribution in [3.63, 3.8) is 0 Å². The first-order valence-electron chi connectivity index (χ1n) is 5.87. The normalized spacial score (nSPS) is 13.8. The Morgan fingerprint density at radius 3 is 2.28 bits per heavy atom. The summed E-state index contributed by atoms with van der Waals surface area (Å²) in [7, 11) is -3.57. The van der Waals surface area contributed by atoms with Gasteiger partial charge in [0.25, 0.3) is 10.2 Å². The smallest absolute Gasteiger partial charge is 0.277 e. The second-order valence-corrected chi connectivity index (χ2v) is 5.94. The third-order valence-electron chi connectivity index (χ3n) is 2.26. The van der Waals surface area contributed by atoms with Crippen LogP contribution in [0.25, 0.3) is 0 Å². The molecule has 1 aromatic carbocycles. The van der Waals surface area contributed by atoms with Gasteiger partial charge in [-0.15, -0.1) is 0 Å². The average molecular weight is 272 g/mol. The van der Waals surface area contributed by atoms with Gasteiger partial charge in [-0.25, -0.2) is 0 Å². The lowest BCUT2D eigenvalue weighted by Gasteiger charge is -2.18. The fraction of sp³-hybridized carbons (Fsp3) is 0.500. The summed E-state index contributed by atoms with van der Waals surface area (Å²) in [6.45, 7) is 3.24. The van der Waals surface area contributed by atoms with Crippen molar-refractivity contribution in [2.24, 2.45) is 0 Å². The molecule has 0 saturated heterocycles. The predicted octanol–water partition coefficient (Wildman–Crippen LogP) is 0.422. The Balaban J connectivity index is 2.63. The summed E-state index contributed by atoms with van der Waals surface area (Å²) < 4.78 is 28.2. The molecule has 0 aliphatic rings. The van der Waals surface area contributed by atoms with Crippen molar-refractivity contribution < 1.29 is 13.5 Å². The molecular formula is C12H20N2O3S. The first kappa shape index (κ1) is 15.1. The lowest BCUT2D eigenvalue weighted by Crippen LogP contribution is -2.47. The highest BCUT2D eigenvalue weighted by Gasteiger charge is 2.18. The SMILES string of the molecule is CC(C)NS(=O)(=O)N[C@@H](CO)Cc1ccccc1. The van der Waals surface area contributed by atoms with Crippen molar-refractivity contribution >= 4 is 10.2 Å². The van der Waals surface area contributed by atoms with Gasteiger partial charge in [-0.1, -0.05) is 30.3 Å². The molecule has 0 unspecified atom stereocenters. The van der Waals surface area contributed by atoms with E-state index < -0.39 is 16.3 Å². The maximum atomic E-state index is 11.7. The van der Waals surface area contributed by atoms with E-state index in [0.29, 0.717) is 6.42 Å². The van der Waals surface area contributed by atoms with Gasteiger partial charge in [-0.05, 0) is 25.8 Å². The third-order valence-corrected chi connectivity index (χ3v) is 3.68. The van der Waals surface area contributed by atoms with E-state index in [1.807, 2.05) is 30.3 Å². The Hall–Kier alpha value is -0.950. The molecule has 6 heteroatoms. The number of nitrogens with one attached hydrogen (secondary N) is 2. The van der Waals surface area contributed by atoms with Gasteiger partial charge in [0, 0.05) is 6.04 Å². The highest BCUT2D eigenvalue weighted by atomic mass is 32.2. The van der Waals surface area contributed by atoms with E-state index in [2.05, 4.69) is 9.44 Å². The van der Waals surface area contributed by atoms with E-state index in [-0.39, 0.29) is 12.6 Å². The minimum absolute atomic E-state index is 0.182. The Labute approximate surface area is 108 Å². The maximum absolute atomic E-state index is 11.7. The summed E-state index contributed by atoms with van der Waals surface area (Å²) in [6.07, 6.45) is 0.455. The molecule has 1 atom stereocenters. The van der Waals surface area contributed by atoms with Gasteiger partial charge < -0.3 is 5.11 Å². The first-order chi connectivity index (χ1) is 8.43. The molecule has 0 aromatic heterocycles. The lowest BCUT2D eigenvalue weighted by molar-refractivity contribution is 0.255. The maximum Gasteiger partial charge on any atom is 0.277 e. The predicted molar refractivity (Wildman–Crippen MR) is 71.3 cm³/mol. The molecular weight excluding hydrogens is 252 g/mol. The first-order valence-corrected chi connectivity index (χ1v) is 7.35. The van der Waals surface area contributed by atoms with Crippen molar-refractivity contribution in [1.82, 2.24) is 9.44 Å². The molecule has 3 N–H and O–H groups in total. The largest absolute Gasteiger partial charge is 0.395 e. The van der Waals surface area contributed by atoms with Gasteiger partial charge in [-0.3, -0.25) is 0 Å². The van der Waals surface area contributed by atoms with Crippen LogP contribution in [0.2, 0.25) is 0 Å². The van der Waals surface area contributed by atoms with E-state index >= 15 is 0 Å². The summed E-state index contributed by atoms with van der Waals surface area (Å²) in [4.78, 5) is 0. The molecule has 0 aliphatic carbocycles. The summed E-state index contributed by atoms with van der Waals surface area (Å²) >= 11 is 0. The minimum Gasteiger partial charge on any atom is -0.395 e. The molecule has 5 nitrogen and oxygen atoms in total. The van der Waals surface area contributed by atoms with Crippen molar-refractivity contribution in [1.29, 1.82) is 0 Å². The molecule has 1 aromatic rings. The van der Waals surface area contributed by atoms with E-state index in [4.69, 9.17) is 0 Å². The van der Waals surface area contributed by atoms with E-state index in [9.17, 15) is 13.5 Å². The Bertz CT molecular complexity index is 446. The third kappa shape index (κ3) is 5.59. The van der Waals surface area contributed by atoms with Crippen molar-refractivity contribution in [2.75, 3.05) is 6.61 Å². The van der Waals surface area contributed by atoms with Crippen LogP contribution in [-0.2, 0) is 16.6 Å². The highest BCUT2D eigenvalue weighted by molar-refractivity contribution is 7.87. The molecule has 18 heavy (non-hydrogen) atoms. The molecule has 0 bridgehead atoms. The topological polar surface area (TPSA) is 78.4 Å². The Morgan fingerprint density at radius 2 is 1.78 bits per heavy atom. The number of aliphatic hydroxyl groups excluding tert-OH is 1. The van der Waals surface area contributed by atoms with E-state index in [0.717, 1.165) is 5.56 Å². The summed E-state index contributed by atoms with van der Waals surface area (Å²) in [5, 5.41) is 9.23. The number of aliphatic hydroxyl groups is 1. The summed E-state index contributed by atoms with van der Waals surface area (Å²) in [6, 6.07) is 8.74. The van der Waals surface area contributed by atoms with Crippen LogP contribution in [0.15, 0.2) is 30.3 Å². The highest BCUT2D eigenvalue weighted by Crippen LogP contribution is 2.03. The van der Waals surface area contributed by atoms with E-state index in [1.165, 1.54) is 0 Å². The number of benzene rings is 1. The second-order valence-electron chi connectivity index (χ2n) is 4.46. The van der Waals surface area contributed by atoms with Gasteiger partial charge in [0.1, 0.15) is 0 Å². The van der Waals surface area contributed by atoms with Crippen LogP contribution >= 0.6 is 0 Å². The Kier molecular flexibility index (Phi) is 5.74. The lowest BCUT2D eigenvalue weighted by atomic mass is 10.1. The van der Waals surface area contributed by atoms with Gasteiger partial charge in [0.15, 0.2) is 0 Å². The van der Waals surface area contributed by atoms with Crippen LogP contribution in [0.4, 0.5) is 0 Å². The van der Waals surface area contributed by atoms with Crippen LogP contribution in [0.3, 0.4) is 0 Å². The molecule has 0 amide bonds. The molecule has 102 valence electrons. The van der Waals surface area contributed by atoms with Crippen LogP contribution in [0.1, 0.15) is 19.4 Å². The molecule has 1 rings (SSSR count). The van der Waals surface area contributed by atoms with Gasteiger partial charge in [0.05, 0.1) is 12.6 Å². The van der Waals surface area contributed by atoms with Gasteiger partial charge >= 0.3 is 0 Å². The van der Waals surface area contributed by atoms with Crippen molar-refractivity contribution in [3.8, 4) is 0 Å². The molecule has 0 heterocycles. The number of hydrogen-bond donors (Lipinski definition) is 3. The van der Waals surface area contributed by atoms with Crippen LogP contribution < -0.4 is 9.44 Å². The van der Waals surface area contributed by atoms with Crippen molar-refractivity contribution in [2.45, 2.75) is 32.4 Å². The monoisotopic (exact) mass is 272 g/mol. The van der Waals surface area contributed by atoms with Crippen LogP contribution in [0, 0.1) is 0 Å². The van der Waals surface area contributed by atoms with Crippen LogP contribution in [-0.4, -0.2) is 32.2 Å². The summed E-state index contributed by atoms with van der Waals surface area (Å²) in [5.74, 6) is 0. The minimum atomic E-state index is -3.57. The summed E-state index contributed by atoms with van der Waals surface area (Å²) in [5.41, 5.74) is 0.976. The van der Waals surface area contributed by atoms with Gasteiger partial charge in [-0.2, -0.15) is 17.9 Å². The molecule has 0 aliphatic heterocycles. The molecule has 0 radical (unpaired) electrons. The zero-order chi connectivity index (χ0) is 13.6. The van der Waals surface area contributed by atoms with Crippen LogP contribution in [0.5, 0.6) is 0 Å². The molecule has 0 spiro atoms. The van der Waals surface area contributed by atoms with Crippen molar-refractivity contribution in [3.05, 3.63) is 35.9 Å². The second kappa shape index (κ2) is 6.84. The number of rotatable bonds is 7.